The number of nitrogens with one attached hydrogen (secondary N) is 1. The highest BCUT2D eigenvalue weighted by atomic mass is 19.1. The van der Waals surface area contributed by atoms with E-state index in [1.165, 1.54) is 30.0 Å². The Morgan fingerprint density at radius 1 is 1.17 bits per heavy atom. The Labute approximate surface area is 137 Å². The molecule has 0 heterocycles. The first kappa shape index (κ1) is 16.2. The predicted octanol–water partition coefficient (Wildman–Crippen LogP) is 3.74. The molecule has 0 spiro atoms. The number of benzene rings is 2. The van der Waals surface area contributed by atoms with Crippen LogP contribution in [-0.4, -0.2) is 11.1 Å². The van der Waals surface area contributed by atoms with E-state index in [4.69, 9.17) is 5.11 Å². The second-order valence-corrected chi connectivity index (χ2v) is 6.54. The Morgan fingerprint density at radius 3 is 2.61 bits per heavy atom. The van der Waals surface area contributed by atoms with E-state index in [1.807, 2.05) is 6.07 Å². The second-order valence-electron chi connectivity index (χ2n) is 6.54. The van der Waals surface area contributed by atoms with Gasteiger partial charge < -0.3 is 10.4 Å². The number of aliphatic hydroxyl groups is 1. The van der Waals surface area contributed by atoms with E-state index in [9.17, 15) is 4.39 Å². The molecule has 2 N–H and O–H groups in total. The highest BCUT2D eigenvalue weighted by Crippen LogP contribution is 2.34. The average Bonchev–Trinajstić information content (AvgIpc) is 3.38. The number of hydrogen-bond acceptors (Lipinski definition) is 2. The first-order valence-corrected chi connectivity index (χ1v) is 8.33. The molecule has 23 heavy (non-hydrogen) atoms. The molecule has 122 valence electrons. The summed E-state index contributed by atoms with van der Waals surface area (Å²) >= 11 is 0. The molecule has 3 heteroatoms. The Morgan fingerprint density at radius 2 is 1.96 bits per heavy atom. The van der Waals surface area contributed by atoms with Gasteiger partial charge in [-0.05, 0) is 54.9 Å². The minimum atomic E-state index is -0.325. The third-order valence-corrected chi connectivity index (χ3v) is 4.75. The molecule has 1 atom stereocenters. The fourth-order valence-corrected chi connectivity index (χ4v) is 3.06. The maximum absolute atomic E-state index is 13.8. The van der Waals surface area contributed by atoms with Gasteiger partial charge in [0.1, 0.15) is 5.82 Å². The summed E-state index contributed by atoms with van der Waals surface area (Å²) in [6.07, 6.45) is 3.58. The van der Waals surface area contributed by atoms with Crippen LogP contribution in [0.4, 0.5) is 4.39 Å². The minimum absolute atomic E-state index is 0.252. The molecule has 2 aromatic carbocycles. The largest absolute Gasteiger partial charge is 0.392 e. The number of halogens is 1. The van der Waals surface area contributed by atoms with Gasteiger partial charge in [0, 0.05) is 18.2 Å². The summed E-state index contributed by atoms with van der Waals surface area (Å²) in [6, 6.07) is 14.0. The first-order chi connectivity index (χ1) is 11.2. The summed E-state index contributed by atoms with van der Waals surface area (Å²) in [5.41, 5.74) is 4.00. The van der Waals surface area contributed by atoms with Crippen molar-refractivity contribution in [2.24, 2.45) is 5.92 Å². The SMILES string of the molecule is Cc1ccccc1CC(NCc1ccc(CO)c(F)c1)C1CC1. The summed E-state index contributed by atoms with van der Waals surface area (Å²) in [7, 11) is 0. The Kier molecular flexibility index (Phi) is 5.09. The maximum Gasteiger partial charge on any atom is 0.129 e. The lowest BCUT2D eigenvalue weighted by atomic mass is 9.98. The van der Waals surface area contributed by atoms with Gasteiger partial charge in [-0.3, -0.25) is 0 Å². The number of hydrogen-bond donors (Lipinski definition) is 2. The van der Waals surface area contributed by atoms with Crippen molar-refractivity contribution in [3.63, 3.8) is 0 Å². The molecule has 1 fully saturated rings. The van der Waals surface area contributed by atoms with E-state index in [1.54, 1.807) is 6.07 Å². The van der Waals surface area contributed by atoms with Crippen LogP contribution in [0, 0.1) is 18.7 Å². The van der Waals surface area contributed by atoms with E-state index < -0.39 is 0 Å². The molecule has 0 amide bonds. The third-order valence-electron chi connectivity index (χ3n) is 4.75. The van der Waals surface area contributed by atoms with Crippen LogP contribution in [0.3, 0.4) is 0 Å². The first-order valence-electron chi connectivity index (χ1n) is 8.33. The molecule has 2 aromatic rings. The van der Waals surface area contributed by atoms with E-state index in [0.717, 1.165) is 17.9 Å². The van der Waals surface area contributed by atoms with Crippen LogP contribution < -0.4 is 5.32 Å². The molecule has 0 saturated heterocycles. The fourth-order valence-electron chi connectivity index (χ4n) is 3.06. The standard InChI is InChI=1S/C20H24FNO/c1-14-4-2-3-5-17(14)11-20(16-8-9-16)22-12-15-6-7-18(13-23)19(21)10-15/h2-7,10,16,20,22-23H,8-9,11-13H2,1H3. The molecule has 1 unspecified atom stereocenters. The van der Waals surface area contributed by atoms with Gasteiger partial charge in [0.2, 0.25) is 0 Å². The fraction of sp³-hybridized carbons (Fsp3) is 0.400. The molecule has 2 nitrogen and oxygen atoms in total. The second kappa shape index (κ2) is 7.24. The van der Waals surface area contributed by atoms with Crippen molar-refractivity contribution in [2.45, 2.75) is 45.4 Å². The Hall–Kier alpha value is -1.71. The van der Waals surface area contributed by atoms with Crippen LogP contribution in [0.5, 0.6) is 0 Å². The molecule has 3 rings (SSSR count). The van der Waals surface area contributed by atoms with E-state index in [2.05, 4.69) is 36.5 Å². The number of aryl methyl sites for hydroxylation is 1. The predicted molar refractivity (Wildman–Crippen MR) is 90.6 cm³/mol. The maximum atomic E-state index is 13.8. The molecule has 1 aliphatic rings. The van der Waals surface area contributed by atoms with Gasteiger partial charge in [-0.1, -0.05) is 36.4 Å². The Balaban J connectivity index is 1.64. The lowest BCUT2D eigenvalue weighted by molar-refractivity contribution is 0.275. The summed E-state index contributed by atoms with van der Waals surface area (Å²) in [5.74, 6) is 0.407. The van der Waals surface area contributed by atoms with Crippen molar-refractivity contribution in [1.82, 2.24) is 5.32 Å². The van der Waals surface area contributed by atoms with Gasteiger partial charge in [0.05, 0.1) is 6.61 Å². The zero-order valence-electron chi connectivity index (χ0n) is 13.6. The van der Waals surface area contributed by atoms with Gasteiger partial charge in [-0.25, -0.2) is 4.39 Å². The smallest absolute Gasteiger partial charge is 0.129 e. The van der Waals surface area contributed by atoms with Crippen LogP contribution in [0.2, 0.25) is 0 Å². The third kappa shape index (κ3) is 4.18. The van der Waals surface area contributed by atoms with Gasteiger partial charge in [-0.2, -0.15) is 0 Å². The molecular formula is C20H24FNO. The summed E-state index contributed by atoms with van der Waals surface area (Å²) in [4.78, 5) is 0. The molecule has 0 radical (unpaired) electrons. The van der Waals surface area contributed by atoms with Crippen molar-refractivity contribution in [3.8, 4) is 0 Å². The summed E-state index contributed by atoms with van der Waals surface area (Å²) < 4.78 is 13.8. The molecule has 1 aliphatic carbocycles. The normalized spacial score (nSPS) is 15.6. The molecule has 0 aromatic heterocycles. The topological polar surface area (TPSA) is 32.3 Å². The van der Waals surface area contributed by atoms with Crippen molar-refractivity contribution in [2.75, 3.05) is 0 Å². The molecule has 1 saturated carbocycles. The van der Waals surface area contributed by atoms with Gasteiger partial charge in [-0.15, -0.1) is 0 Å². The van der Waals surface area contributed by atoms with E-state index in [-0.39, 0.29) is 12.4 Å². The lowest BCUT2D eigenvalue weighted by Gasteiger charge is -2.20. The minimum Gasteiger partial charge on any atom is -0.392 e. The summed E-state index contributed by atoms with van der Waals surface area (Å²) in [5, 5.41) is 12.7. The molecule has 0 aliphatic heterocycles. The van der Waals surface area contributed by atoms with Crippen LogP contribution in [0.25, 0.3) is 0 Å². The van der Waals surface area contributed by atoms with Crippen LogP contribution in [0.1, 0.15) is 35.1 Å². The average molecular weight is 313 g/mol. The molecular weight excluding hydrogens is 289 g/mol. The van der Waals surface area contributed by atoms with Crippen molar-refractivity contribution < 1.29 is 9.50 Å². The highest BCUT2D eigenvalue weighted by Gasteiger charge is 2.31. The van der Waals surface area contributed by atoms with Crippen molar-refractivity contribution in [1.29, 1.82) is 0 Å². The highest BCUT2D eigenvalue weighted by molar-refractivity contribution is 5.27. The monoisotopic (exact) mass is 313 g/mol. The zero-order valence-corrected chi connectivity index (χ0v) is 13.6. The quantitative estimate of drug-likeness (QED) is 0.816. The van der Waals surface area contributed by atoms with Crippen LogP contribution >= 0.6 is 0 Å². The van der Waals surface area contributed by atoms with Crippen LogP contribution in [-0.2, 0) is 19.6 Å². The van der Waals surface area contributed by atoms with Crippen LogP contribution in [0.15, 0.2) is 42.5 Å². The molecule has 0 bridgehead atoms. The van der Waals surface area contributed by atoms with Gasteiger partial charge in [0.15, 0.2) is 0 Å². The lowest BCUT2D eigenvalue weighted by Crippen LogP contribution is -2.33. The van der Waals surface area contributed by atoms with Crippen molar-refractivity contribution in [3.05, 3.63) is 70.5 Å². The number of rotatable bonds is 7. The van der Waals surface area contributed by atoms with E-state index in [0.29, 0.717) is 18.2 Å². The van der Waals surface area contributed by atoms with Gasteiger partial charge in [0.25, 0.3) is 0 Å². The van der Waals surface area contributed by atoms with Crippen molar-refractivity contribution >= 4 is 0 Å². The summed E-state index contributed by atoms with van der Waals surface area (Å²) in [6.45, 7) is 2.56. The Bertz CT molecular complexity index is 666. The van der Waals surface area contributed by atoms with E-state index >= 15 is 0 Å². The number of aliphatic hydroxyl groups excluding tert-OH is 1. The van der Waals surface area contributed by atoms with Gasteiger partial charge >= 0.3 is 0 Å². The zero-order chi connectivity index (χ0) is 16.2.